The molecule has 0 aliphatic carbocycles. The molecule has 0 saturated carbocycles. The first-order chi connectivity index (χ1) is 18.5. The lowest BCUT2D eigenvalue weighted by Crippen LogP contribution is -2.46. The Kier molecular flexibility index (Phi) is 8.95. The first kappa shape index (κ1) is 29.4. The molecule has 0 radical (unpaired) electrons. The van der Waals surface area contributed by atoms with Crippen LogP contribution in [0.2, 0.25) is 18.6 Å². The third-order valence-corrected chi connectivity index (χ3v) is 10.7. The molecule has 2 N–H and O–H groups in total. The van der Waals surface area contributed by atoms with Gasteiger partial charge in [-0.2, -0.15) is 0 Å². The van der Waals surface area contributed by atoms with Crippen molar-refractivity contribution in [1.82, 2.24) is 15.0 Å². The number of ether oxygens (including phenoxy) is 1. The number of aromatic nitrogens is 3. The molecule has 1 aromatic carbocycles. The van der Waals surface area contributed by atoms with E-state index in [1.165, 1.54) is 11.1 Å². The molecule has 1 amide bonds. The predicted octanol–water partition coefficient (Wildman–Crippen LogP) is 4.74. The van der Waals surface area contributed by atoms with Crippen LogP contribution in [0.5, 0.6) is 0 Å². The quantitative estimate of drug-likeness (QED) is 0.309. The van der Waals surface area contributed by atoms with Gasteiger partial charge in [0.05, 0.1) is 17.5 Å². The highest BCUT2D eigenvalue weighted by molar-refractivity contribution is 6.71. The molecule has 1 aromatic heterocycles. The van der Waals surface area contributed by atoms with Gasteiger partial charge < -0.3 is 19.5 Å². The van der Waals surface area contributed by atoms with Crippen LogP contribution in [0.25, 0.3) is 0 Å². The van der Waals surface area contributed by atoms with Gasteiger partial charge in [0.15, 0.2) is 13.9 Å². The number of carbonyl (C=O) groups excluding carboxylic acids is 1. The van der Waals surface area contributed by atoms with E-state index >= 15 is 0 Å². The maximum absolute atomic E-state index is 14.3. The molecule has 1 saturated heterocycles. The third kappa shape index (κ3) is 5.96. The number of para-hydroxylation sites is 1. The predicted molar refractivity (Wildman–Crippen MR) is 156 cm³/mol. The molecular weight excluding hydrogens is 508 g/mol. The summed E-state index contributed by atoms with van der Waals surface area (Å²) in [5, 5.41) is 17.5. The Morgan fingerprint density at radius 2 is 1.95 bits per heavy atom. The van der Waals surface area contributed by atoms with Crippen molar-refractivity contribution >= 4 is 19.9 Å². The van der Waals surface area contributed by atoms with Gasteiger partial charge in [-0.3, -0.25) is 9.48 Å². The molecule has 2 aromatic rings. The zero-order chi connectivity index (χ0) is 28.4. The van der Waals surface area contributed by atoms with E-state index < -0.39 is 13.9 Å². The second-order valence-electron chi connectivity index (χ2n) is 11.9. The zero-order valence-electron chi connectivity index (χ0n) is 24.2. The number of hydrogen-bond acceptors (Lipinski definition) is 6. The largest absolute Gasteiger partial charge is 0.432 e. The fraction of sp³-hybridized carbons (Fsp3) is 0.567. The molecule has 0 unspecified atom stereocenters. The number of anilines is 1. The molecule has 0 bridgehead atoms. The summed E-state index contributed by atoms with van der Waals surface area (Å²) >= 11 is 0. The smallest absolute Gasteiger partial charge is 0.264 e. The number of allylic oxidation sites excluding steroid dienone is 3. The number of aliphatic hydroxyl groups excluding tert-OH is 1. The number of carbonyl (C=O) groups is 1. The van der Waals surface area contributed by atoms with Crippen molar-refractivity contribution in [3.63, 3.8) is 0 Å². The van der Waals surface area contributed by atoms with Gasteiger partial charge in [0.25, 0.3) is 5.91 Å². The van der Waals surface area contributed by atoms with Gasteiger partial charge in [-0.25, -0.2) is 0 Å². The van der Waals surface area contributed by atoms with E-state index in [1.54, 1.807) is 4.68 Å². The van der Waals surface area contributed by atoms with Crippen LogP contribution in [0.15, 0.2) is 53.8 Å². The van der Waals surface area contributed by atoms with E-state index in [2.05, 4.69) is 50.2 Å². The van der Waals surface area contributed by atoms with Gasteiger partial charge in [0.1, 0.15) is 0 Å². The number of amides is 1. The van der Waals surface area contributed by atoms with Crippen molar-refractivity contribution in [2.45, 2.75) is 90.3 Å². The molecular formula is C30H44N4O4Si. The number of fused-ring (bicyclic) bond motifs is 2. The summed E-state index contributed by atoms with van der Waals surface area (Å²) in [4.78, 5) is 27.6. The Hall–Kier alpha value is -2.59. The molecule has 8 nitrogen and oxygen atoms in total. The minimum atomic E-state index is -2.71. The van der Waals surface area contributed by atoms with Crippen molar-refractivity contribution in [2.24, 2.45) is 5.92 Å². The average molecular weight is 553 g/mol. The van der Waals surface area contributed by atoms with Crippen LogP contribution in [-0.2, 0) is 28.1 Å². The molecule has 4 atom stereocenters. The van der Waals surface area contributed by atoms with Crippen LogP contribution in [0.4, 0.5) is 5.69 Å². The highest BCUT2D eigenvalue weighted by Crippen LogP contribution is 2.59. The molecule has 9 heteroatoms. The van der Waals surface area contributed by atoms with Crippen molar-refractivity contribution in [3.05, 3.63) is 65.0 Å². The van der Waals surface area contributed by atoms with E-state index in [0.717, 1.165) is 29.8 Å². The summed E-state index contributed by atoms with van der Waals surface area (Å²) in [6.45, 7) is 13.4. The average Bonchev–Trinajstić information content (AvgIpc) is 3.51. The molecule has 4 rings (SSSR count). The van der Waals surface area contributed by atoms with Crippen LogP contribution in [0.3, 0.4) is 0 Å². The van der Waals surface area contributed by atoms with E-state index in [-0.39, 0.29) is 30.1 Å². The fourth-order valence-corrected chi connectivity index (χ4v) is 8.96. The van der Waals surface area contributed by atoms with Gasteiger partial charge in [-0.1, -0.05) is 53.6 Å². The molecule has 1 fully saturated rings. The van der Waals surface area contributed by atoms with E-state index in [1.807, 2.05) is 48.5 Å². The Balaban J connectivity index is 1.61. The highest BCUT2D eigenvalue weighted by atomic mass is 28.4. The summed E-state index contributed by atoms with van der Waals surface area (Å²) in [5.41, 5.74) is 3.85. The lowest BCUT2D eigenvalue weighted by atomic mass is 9.82. The number of hydrogen-bond donors (Lipinski definition) is 2. The lowest BCUT2D eigenvalue weighted by molar-refractivity contribution is -0.145. The van der Waals surface area contributed by atoms with Gasteiger partial charge in [0.2, 0.25) is 0 Å². The fourth-order valence-electron chi connectivity index (χ4n) is 6.36. The molecule has 2 aliphatic heterocycles. The Bertz CT molecular complexity index is 1230. The van der Waals surface area contributed by atoms with Crippen LogP contribution in [-0.4, -0.2) is 58.4 Å². The van der Waals surface area contributed by atoms with Gasteiger partial charge >= 0.3 is 0 Å². The molecule has 212 valence electrons. The maximum Gasteiger partial charge on any atom is 0.264 e. The SMILES string of the molecule is CC(C)=CCC/C(C)=C/CN1C(=O)[C@@]2(O[C@@H](CCn3cc(CCO)nn3)[C@H]([Si](C)(C)O)[C@H]2C)c2ccccc21. The second kappa shape index (κ2) is 11.9. The Labute approximate surface area is 233 Å². The van der Waals surface area contributed by atoms with Crippen LogP contribution < -0.4 is 4.90 Å². The van der Waals surface area contributed by atoms with Gasteiger partial charge in [-0.15, -0.1) is 5.10 Å². The number of rotatable bonds is 11. The number of benzene rings is 1. The maximum atomic E-state index is 14.3. The second-order valence-corrected chi connectivity index (χ2v) is 15.9. The number of nitrogens with zero attached hydrogens (tertiary/aromatic N) is 4. The summed E-state index contributed by atoms with van der Waals surface area (Å²) in [7, 11) is -2.71. The molecule has 3 heterocycles. The Morgan fingerprint density at radius 1 is 1.21 bits per heavy atom. The Morgan fingerprint density at radius 3 is 2.64 bits per heavy atom. The molecule has 2 aliphatic rings. The van der Waals surface area contributed by atoms with Crippen molar-refractivity contribution in [1.29, 1.82) is 0 Å². The standard InChI is InChI=1S/C30H44N4O4Si/c1-21(2)10-9-11-22(3)14-18-34-26-13-8-7-12-25(26)30(29(34)36)23(4)28(39(5,6)37)27(38-30)15-17-33-20-24(16-19-35)31-32-33/h7-8,10,12-14,20,23,27-28,35,37H,9,11,15-19H2,1-6H3/b22-14+/t23-,27+,28-,30+/m1/s1. The van der Waals surface area contributed by atoms with Crippen molar-refractivity contribution in [3.8, 4) is 0 Å². The highest BCUT2D eigenvalue weighted by Gasteiger charge is 2.65. The van der Waals surface area contributed by atoms with Crippen LogP contribution in [0.1, 0.15) is 58.2 Å². The molecule has 1 spiro atoms. The molecule has 39 heavy (non-hydrogen) atoms. The number of aryl methyl sites for hydroxylation is 1. The minimum Gasteiger partial charge on any atom is -0.432 e. The minimum absolute atomic E-state index is 0.0268. The van der Waals surface area contributed by atoms with E-state index in [4.69, 9.17) is 4.74 Å². The third-order valence-electron chi connectivity index (χ3n) is 8.20. The zero-order valence-corrected chi connectivity index (χ0v) is 25.2. The van der Waals surface area contributed by atoms with Gasteiger partial charge in [0, 0.05) is 49.3 Å². The van der Waals surface area contributed by atoms with Gasteiger partial charge in [-0.05, 0) is 59.2 Å². The van der Waals surface area contributed by atoms with Crippen LogP contribution >= 0.6 is 0 Å². The monoisotopic (exact) mass is 552 g/mol. The summed E-state index contributed by atoms with van der Waals surface area (Å²) < 4.78 is 8.61. The first-order valence-corrected chi connectivity index (χ1v) is 17.1. The summed E-state index contributed by atoms with van der Waals surface area (Å²) in [6, 6.07) is 7.96. The summed E-state index contributed by atoms with van der Waals surface area (Å²) in [6.07, 6.45) is 8.96. The lowest BCUT2D eigenvalue weighted by Gasteiger charge is -2.32. The summed E-state index contributed by atoms with van der Waals surface area (Å²) in [5.74, 6) is -0.224. The van der Waals surface area contributed by atoms with E-state index in [0.29, 0.717) is 25.9 Å². The van der Waals surface area contributed by atoms with E-state index in [9.17, 15) is 14.7 Å². The van der Waals surface area contributed by atoms with Crippen molar-refractivity contribution in [2.75, 3.05) is 18.1 Å². The van der Waals surface area contributed by atoms with Crippen LogP contribution in [0, 0.1) is 5.92 Å². The van der Waals surface area contributed by atoms with Crippen molar-refractivity contribution < 1.29 is 19.4 Å². The number of aliphatic hydroxyl groups is 1. The normalized spacial score (nSPS) is 25.0. The topological polar surface area (TPSA) is 101 Å². The first-order valence-electron chi connectivity index (χ1n) is 14.1.